The molecule has 7 nitrogen and oxygen atoms in total. The van der Waals surface area contributed by atoms with E-state index in [0.29, 0.717) is 18.7 Å². The van der Waals surface area contributed by atoms with Crippen molar-refractivity contribution in [2.24, 2.45) is 0 Å². The van der Waals surface area contributed by atoms with E-state index in [1.165, 1.54) is 4.90 Å². The molecule has 0 bridgehead atoms. The summed E-state index contributed by atoms with van der Waals surface area (Å²) in [5, 5.41) is 13.3. The first-order chi connectivity index (χ1) is 14.3. The molecule has 156 valence electrons. The van der Waals surface area contributed by atoms with Gasteiger partial charge in [0.1, 0.15) is 0 Å². The summed E-state index contributed by atoms with van der Waals surface area (Å²) >= 11 is 0. The fourth-order valence-corrected chi connectivity index (χ4v) is 3.98. The van der Waals surface area contributed by atoms with Crippen LogP contribution in [0.3, 0.4) is 0 Å². The third kappa shape index (κ3) is 3.58. The van der Waals surface area contributed by atoms with Crippen molar-refractivity contribution in [2.75, 3.05) is 25.0 Å². The van der Waals surface area contributed by atoms with Crippen molar-refractivity contribution < 1.29 is 14.7 Å². The van der Waals surface area contributed by atoms with Gasteiger partial charge in [0.25, 0.3) is 5.91 Å². The summed E-state index contributed by atoms with van der Waals surface area (Å²) in [7, 11) is 1.94. The Kier molecular flexibility index (Phi) is 5.11. The van der Waals surface area contributed by atoms with Gasteiger partial charge >= 0.3 is 6.09 Å². The number of hydrogen-bond acceptors (Lipinski definition) is 3. The molecule has 0 spiro atoms. The van der Waals surface area contributed by atoms with Gasteiger partial charge in [-0.15, -0.1) is 0 Å². The number of nitrogens with one attached hydrogen (secondary N) is 2. The predicted octanol–water partition coefficient (Wildman–Crippen LogP) is 3.77. The number of carboxylic acid groups (broad SMARTS) is 1. The van der Waals surface area contributed by atoms with Crippen molar-refractivity contribution in [3.8, 4) is 0 Å². The van der Waals surface area contributed by atoms with Gasteiger partial charge in [-0.05, 0) is 49.2 Å². The molecule has 0 radical (unpaired) electrons. The maximum absolute atomic E-state index is 13.1. The molecule has 1 fully saturated rings. The zero-order valence-corrected chi connectivity index (χ0v) is 17.3. The van der Waals surface area contributed by atoms with E-state index in [9.17, 15) is 9.59 Å². The highest BCUT2D eigenvalue weighted by molar-refractivity contribution is 5.97. The van der Waals surface area contributed by atoms with Crippen LogP contribution < -0.4 is 10.2 Å². The number of carbonyl (C=O) groups is 2. The standard InChI is InChI=1S/C23H26N4O3/c1-14-7-8-16(26(3)17-12-27(13-17)23(29)30)11-20(14)22(28)25-15(2)18-5-4-6-21-19(18)9-10-24-21/h4-11,15,17,24H,12-13H2,1-3H3,(H,25,28)(H,29,30)/t15-/m1/s1. The highest BCUT2D eigenvalue weighted by atomic mass is 16.4. The molecule has 2 amide bonds. The molecule has 2 aromatic carbocycles. The Morgan fingerprint density at radius 3 is 2.73 bits per heavy atom. The smallest absolute Gasteiger partial charge is 0.407 e. The van der Waals surface area contributed by atoms with Crippen LogP contribution in [0.4, 0.5) is 10.5 Å². The molecule has 7 heteroatoms. The minimum atomic E-state index is -0.893. The molecule has 3 aromatic rings. The van der Waals surface area contributed by atoms with Gasteiger partial charge in [0.05, 0.1) is 12.1 Å². The van der Waals surface area contributed by atoms with Crippen molar-refractivity contribution in [3.05, 3.63) is 65.4 Å². The number of rotatable bonds is 5. The number of likely N-dealkylation sites (tertiary alicyclic amines) is 1. The van der Waals surface area contributed by atoms with Crippen molar-refractivity contribution in [1.29, 1.82) is 0 Å². The molecule has 0 aliphatic carbocycles. The second-order valence-electron chi connectivity index (χ2n) is 7.93. The molecule has 1 aliphatic rings. The summed E-state index contributed by atoms with van der Waals surface area (Å²) in [5.74, 6) is -0.122. The lowest BCUT2D eigenvalue weighted by Gasteiger charge is -2.43. The lowest BCUT2D eigenvalue weighted by molar-refractivity contribution is 0.0939. The fraction of sp³-hybridized carbons (Fsp3) is 0.304. The monoisotopic (exact) mass is 406 g/mol. The van der Waals surface area contributed by atoms with Gasteiger partial charge in [-0.2, -0.15) is 0 Å². The number of carbonyl (C=O) groups excluding carboxylic acids is 1. The summed E-state index contributed by atoms with van der Waals surface area (Å²) < 4.78 is 0. The summed E-state index contributed by atoms with van der Waals surface area (Å²) in [6.07, 6.45) is 1.01. The number of amides is 2. The number of benzene rings is 2. The summed E-state index contributed by atoms with van der Waals surface area (Å²) in [6, 6.07) is 13.8. The van der Waals surface area contributed by atoms with E-state index in [-0.39, 0.29) is 18.0 Å². The molecule has 2 heterocycles. The zero-order valence-electron chi connectivity index (χ0n) is 17.3. The quantitative estimate of drug-likeness (QED) is 0.602. The SMILES string of the molecule is Cc1ccc(N(C)C2CN(C(=O)O)C2)cc1C(=O)N[C@H](C)c1cccc2[nH]ccc12. The summed E-state index contributed by atoms with van der Waals surface area (Å²) in [6.45, 7) is 4.85. The molecular weight excluding hydrogens is 380 g/mol. The van der Waals surface area contributed by atoms with E-state index in [2.05, 4.69) is 10.3 Å². The second-order valence-corrected chi connectivity index (χ2v) is 7.93. The first kappa shape index (κ1) is 19.8. The molecule has 30 heavy (non-hydrogen) atoms. The number of hydrogen-bond donors (Lipinski definition) is 3. The lowest BCUT2D eigenvalue weighted by Crippen LogP contribution is -2.60. The minimum absolute atomic E-state index is 0.116. The largest absolute Gasteiger partial charge is 0.465 e. The van der Waals surface area contributed by atoms with E-state index in [4.69, 9.17) is 5.11 Å². The average molecular weight is 406 g/mol. The van der Waals surface area contributed by atoms with Crippen LogP contribution >= 0.6 is 0 Å². The van der Waals surface area contributed by atoms with Crippen molar-refractivity contribution in [3.63, 3.8) is 0 Å². The van der Waals surface area contributed by atoms with E-state index >= 15 is 0 Å². The van der Waals surface area contributed by atoms with E-state index in [0.717, 1.165) is 27.7 Å². The number of aryl methyl sites for hydroxylation is 1. The van der Waals surface area contributed by atoms with Crippen LogP contribution in [0.15, 0.2) is 48.7 Å². The second kappa shape index (κ2) is 7.74. The van der Waals surface area contributed by atoms with E-state index in [1.807, 2.05) is 74.5 Å². The number of anilines is 1. The third-order valence-electron chi connectivity index (χ3n) is 6.00. The van der Waals surface area contributed by atoms with Crippen LogP contribution in [-0.4, -0.2) is 53.2 Å². The Labute approximate surface area is 175 Å². The third-order valence-corrected chi connectivity index (χ3v) is 6.00. The van der Waals surface area contributed by atoms with Crippen molar-refractivity contribution in [1.82, 2.24) is 15.2 Å². The zero-order chi connectivity index (χ0) is 21.4. The van der Waals surface area contributed by atoms with Gasteiger partial charge in [0.2, 0.25) is 0 Å². The van der Waals surface area contributed by atoms with Crippen LogP contribution in [0.25, 0.3) is 10.9 Å². The molecule has 0 saturated carbocycles. The average Bonchev–Trinajstić information content (AvgIpc) is 3.15. The van der Waals surface area contributed by atoms with Gasteiger partial charge in [-0.1, -0.05) is 18.2 Å². The van der Waals surface area contributed by atoms with Crippen LogP contribution in [0.5, 0.6) is 0 Å². The predicted molar refractivity (Wildman–Crippen MR) is 117 cm³/mol. The number of likely N-dealkylation sites (N-methyl/N-ethyl adjacent to an activating group) is 1. The van der Waals surface area contributed by atoms with Crippen LogP contribution in [-0.2, 0) is 0 Å². The Hall–Kier alpha value is -3.48. The highest BCUT2D eigenvalue weighted by Gasteiger charge is 2.33. The molecule has 1 aliphatic heterocycles. The number of nitrogens with zero attached hydrogens (tertiary/aromatic N) is 2. The summed E-state index contributed by atoms with van der Waals surface area (Å²) in [4.78, 5) is 30.7. The Bertz CT molecular complexity index is 1100. The molecule has 1 aromatic heterocycles. The van der Waals surface area contributed by atoms with Gasteiger partial charge < -0.3 is 25.2 Å². The number of aromatic amines is 1. The highest BCUT2D eigenvalue weighted by Crippen LogP contribution is 2.26. The lowest BCUT2D eigenvalue weighted by atomic mass is 10.0. The topological polar surface area (TPSA) is 88.7 Å². The van der Waals surface area contributed by atoms with Crippen LogP contribution in [0.2, 0.25) is 0 Å². The van der Waals surface area contributed by atoms with Gasteiger partial charge in [-0.3, -0.25) is 4.79 Å². The number of H-pyrrole nitrogens is 1. The van der Waals surface area contributed by atoms with Gasteiger partial charge in [0, 0.05) is 48.5 Å². The van der Waals surface area contributed by atoms with Gasteiger partial charge in [-0.25, -0.2) is 4.79 Å². The Balaban J connectivity index is 1.50. The molecule has 4 rings (SSSR count). The van der Waals surface area contributed by atoms with Crippen LogP contribution in [0, 0.1) is 6.92 Å². The van der Waals surface area contributed by atoms with Crippen molar-refractivity contribution >= 4 is 28.6 Å². The van der Waals surface area contributed by atoms with Crippen molar-refractivity contribution in [2.45, 2.75) is 25.9 Å². The minimum Gasteiger partial charge on any atom is -0.465 e. The maximum atomic E-state index is 13.1. The number of fused-ring (bicyclic) bond motifs is 1. The Morgan fingerprint density at radius 2 is 2.00 bits per heavy atom. The molecule has 1 saturated heterocycles. The molecule has 1 atom stereocenters. The van der Waals surface area contributed by atoms with Crippen LogP contribution in [0.1, 0.15) is 34.5 Å². The van der Waals surface area contributed by atoms with Gasteiger partial charge in [0.15, 0.2) is 0 Å². The normalized spacial score (nSPS) is 15.0. The fourth-order valence-electron chi connectivity index (χ4n) is 3.98. The maximum Gasteiger partial charge on any atom is 0.407 e. The first-order valence-electron chi connectivity index (χ1n) is 10.0. The molecule has 0 unspecified atom stereocenters. The number of aromatic nitrogens is 1. The first-order valence-corrected chi connectivity index (χ1v) is 10.0. The molecular formula is C23H26N4O3. The molecule has 3 N–H and O–H groups in total. The van der Waals surface area contributed by atoms with E-state index in [1.54, 1.807) is 0 Å². The summed E-state index contributed by atoms with van der Waals surface area (Å²) in [5.41, 5.74) is 4.54. The Morgan fingerprint density at radius 1 is 1.23 bits per heavy atom. The van der Waals surface area contributed by atoms with E-state index < -0.39 is 6.09 Å².